The van der Waals surface area contributed by atoms with E-state index < -0.39 is 0 Å². The molecule has 0 aliphatic carbocycles. The Hall–Kier alpha value is -0.570. The molecule has 0 aromatic rings. The minimum absolute atomic E-state index is 0.803. The first-order chi connectivity index (χ1) is 3.31. The van der Waals surface area contributed by atoms with Crippen LogP contribution in [0.25, 0.3) is 0 Å². The summed E-state index contributed by atoms with van der Waals surface area (Å²) in [6, 6.07) is 0. The fourth-order valence-electron chi connectivity index (χ4n) is 0.230. The maximum Gasteiger partial charge on any atom is 0.0986 e. The molecule has 0 saturated heterocycles. The van der Waals surface area contributed by atoms with Gasteiger partial charge in [-0.2, -0.15) is 0 Å². The molecule has 0 rings (SSSR count). The predicted molar refractivity (Wildman–Crippen MR) is 31.0 cm³/mol. The third-order valence-corrected chi connectivity index (χ3v) is 0.629. The first-order valence-electron chi connectivity index (χ1n) is 2.25. The Morgan fingerprint density at radius 1 is 1.86 bits per heavy atom. The molecule has 0 aromatic heterocycles. The monoisotopic (exact) mass is 101 g/mol. The summed E-state index contributed by atoms with van der Waals surface area (Å²) in [7, 11) is 1.69. The Morgan fingerprint density at radius 2 is 2.43 bits per heavy atom. The van der Waals surface area contributed by atoms with Gasteiger partial charge in [0.2, 0.25) is 0 Å². The van der Waals surface area contributed by atoms with Gasteiger partial charge in [-0.3, -0.25) is 4.99 Å². The Labute approximate surface area is 43.8 Å². The quantitative estimate of drug-likeness (QED) is 0.227. The van der Waals surface area contributed by atoms with Gasteiger partial charge in [-0.1, -0.05) is 0 Å². The molecule has 0 fully saturated rings. The fraction of sp³-hybridized carbons (Fsp3) is 0.750. The first-order valence-corrected chi connectivity index (χ1v) is 2.25. The van der Waals surface area contributed by atoms with Crippen LogP contribution in [0.3, 0.4) is 0 Å². The van der Waals surface area contributed by atoms with Crippen molar-refractivity contribution in [1.29, 1.82) is 0 Å². The lowest BCUT2D eigenvalue weighted by molar-refractivity contribution is 0.479. The second kappa shape index (κ2) is 3.61. The fourth-order valence-corrected chi connectivity index (χ4v) is 0.230. The number of nitrogens with two attached hydrogens (primary N) is 1. The molecule has 0 bridgehead atoms. The van der Waals surface area contributed by atoms with Crippen molar-refractivity contribution >= 4 is 6.34 Å². The van der Waals surface area contributed by atoms with Crippen molar-refractivity contribution in [3.63, 3.8) is 0 Å². The van der Waals surface area contributed by atoms with Crippen molar-refractivity contribution < 1.29 is 0 Å². The number of rotatable bonds is 2. The number of aliphatic imine (C=N–C) groups is 1. The Bertz CT molecular complexity index is 60.0. The highest BCUT2D eigenvalue weighted by atomic mass is 15.4. The van der Waals surface area contributed by atoms with Crippen molar-refractivity contribution in [2.45, 2.75) is 6.92 Å². The van der Waals surface area contributed by atoms with E-state index >= 15 is 0 Å². The van der Waals surface area contributed by atoms with Crippen molar-refractivity contribution in [1.82, 2.24) is 5.01 Å². The van der Waals surface area contributed by atoms with E-state index in [1.54, 1.807) is 13.4 Å². The van der Waals surface area contributed by atoms with Crippen molar-refractivity contribution in [3.05, 3.63) is 0 Å². The summed E-state index contributed by atoms with van der Waals surface area (Å²) in [6.45, 7) is 2.76. The van der Waals surface area contributed by atoms with Crippen LogP contribution >= 0.6 is 0 Å². The van der Waals surface area contributed by atoms with Crippen LogP contribution in [-0.4, -0.2) is 24.9 Å². The molecule has 0 aliphatic heterocycles. The minimum atomic E-state index is 0.803. The Morgan fingerprint density at radius 3 is 2.57 bits per heavy atom. The molecule has 0 heterocycles. The molecule has 0 atom stereocenters. The van der Waals surface area contributed by atoms with Crippen molar-refractivity contribution in [3.8, 4) is 0 Å². The molecule has 3 nitrogen and oxygen atoms in total. The van der Waals surface area contributed by atoms with E-state index in [1.807, 2.05) is 6.92 Å². The summed E-state index contributed by atoms with van der Waals surface area (Å²) in [5.74, 6) is 5.27. The van der Waals surface area contributed by atoms with Crippen LogP contribution in [0.2, 0.25) is 0 Å². The van der Waals surface area contributed by atoms with Crippen LogP contribution in [-0.2, 0) is 0 Å². The second-order valence-corrected chi connectivity index (χ2v) is 1.20. The molecular weight excluding hydrogens is 90.1 g/mol. The highest BCUT2D eigenvalue weighted by molar-refractivity contribution is 5.53. The number of nitrogens with zero attached hydrogens (tertiary/aromatic N) is 2. The van der Waals surface area contributed by atoms with E-state index in [-0.39, 0.29) is 0 Å². The van der Waals surface area contributed by atoms with Crippen LogP contribution in [0.4, 0.5) is 0 Å². The van der Waals surface area contributed by atoms with Crippen LogP contribution in [0.15, 0.2) is 4.99 Å². The van der Waals surface area contributed by atoms with E-state index in [9.17, 15) is 0 Å². The molecule has 3 heteroatoms. The van der Waals surface area contributed by atoms with Gasteiger partial charge in [0.05, 0.1) is 6.34 Å². The van der Waals surface area contributed by atoms with Gasteiger partial charge in [-0.25, -0.2) is 5.84 Å². The zero-order chi connectivity index (χ0) is 5.70. The summed E-state index contributed by atoms with van der Waals surface area (Å²) in [4.78, 5) is 3.68. The molecule has 7 heavy (non-hydrogen) atoms. The third kappa shape index (κ3) is 3.26. The normalized spacial score (nSPS) is 10.1. The largest absolute Gasteiger partial charge is 0.302 e. The van der Waals surface area contributed by atoms with E-state index in [4.69, 9.17) is 5.84 Å². The van der Waals surface area contributed by atoms with Crippen LogP contribution < -0.4 is 5.84 Å². The number of hydrogen-bond acceptors (Lipinski definition) is 2. The Balaban J connectivity index is 3.16. The summed E-state index contributed by atoms with van der Waals surface area (Å²) in [5, 5.41) is 1.51. The molecule has 0 spiro atoms. The molecule has 0 radical (unpaired) electrons. The average molecular weight is 101 g/mol. The van der Waals surface area contributed by atoms with Crippen molar-refractivity contribution in [2.24, 2.45) is 10.8 Å². The molecule has 0 aliphatic rings. The van der Waals surface area contributed by atoms with Gasteiger partial charge in [-0.05, 0) is 6.92 Å². The standard InChI is InChI=1S/C4H11N3/c1-3-7(5)4-6-2/h4H,3,5H2,1-2H3. The molecule has 0 aromatic carbocycles. The number of hydrazine groups is 1. The predicted octanol–water partition coefficient (Wildman–Crippen LogP) is -0.160. The third-order valence-electron chi connectivity index (χ3n) is 0.629. The highest BCUT2D eigenvalue weighted by Crippen LogP contribution is 1.64. The molecule has 0 amide bonds. The van der Waals surface area contributed by atoms with Gasteiger partial charge in [0.1, 0.15) is 0 Å². The van der Waals surface area contributed by atoms with Gasteiger partial charge >= 0.3 is 0 Å². The average Bonchev–Trinajstić information content (AvgIpc) is 1.68. The molecule has 0 unspecified atom stereocenters. The second-order valence-electron chi connectivity index (χ2n) is 1.20. The summed E-state index contributed by atoms with van der Waals surface area (Å²) < 4.78 is 0. The summed E-state index contributed by atoms with van der Waals surface area (Å²) >= 11 is 0. The van der Waals surface area contributed by atoms with Gasteiger partial charge in [0.25, 0.3) is 0 Å². The molecular formula is C4H11N3. The number of hydrogen-bond donors (Lipinski definition) is 1. The Kier molecular flexibility index (Phi) is 3.32. The maximum atomic E-state index is 5.27. The van der Waals surface area contributed by atoms with Gasteiger partial charge in [0, 0.05) is 13.6 Å². The van der Waals surface area contributed by atoms with E-state index in [1.165, 1.54) is 5.01 Å². The van der Waals surface area contributed by atoms with Crippen LogP contribution in [0.5, 0.6) is 0 Å². The van der Waals surface area contributed by atoms with Gasteiger partial charge in [0.15, 0.2) is 0 Å². The van der Waals surface area contributed by atoms with E-state index in [0.717, 1.165) is 6.54 Å². The summed E-state index contributed by atoms with van der Waals surface area (Å²) in [6.07, 6.45) is 1.58. The molecule has 0 saturated carbocycles. The highest BCUT2D eigenvalue weighted by Gasteiger charge is 1.78. The smallest absolute Gasteiger partial charge is 0.0986 e. The zero-order valence-corrected chi connectivity index (χ0v) is 4.76. The SMILES string of the molecule is CCN(N)C=NC. The molecule has 42 valence electrons. The van der Waals surface area contributed by atoms with Gasteiger partial charge in [-0.15, -0.1) is 0 Å². The first kappa shape index (κ1) is 6.43. The van der Waals surface area contributed by atoms with E-state index in [2.05, 4.69) is 4.99 Å². The zero-order valence-electron chi connectivity index (χ0n) is 4.76. The topological polar surface area (TPSA) is 41.6 Å². The molecule has 2 N–H and O–H groups in total. The van der Waals surface area contributed by atoms with Crippen LogP contribution in [0, 0.1) is 0 Å². The van der Waals surface area contributed by atoms with Gasteiger partial charge < -0.3 is 5.01 Å². The van der Waals surface area contributed by atoms with E-state index in [0.29, 0.717) is 0 Å². The lowest BCUT2D eigenvalue weighted by Crippen LogP contribution is -2.28. The lowest BCUT2D eigenvalue weighted by Gasteiger charge is -2.05. The van der Waals surface area contributed by atoms with Crippen molar-refractivity contribution in [2.75, 3.05) is 13.6 Å². The van der Waals surface area contributed by atoms with Crippen LogP contribution in [0.1, 0.15) is 6.92 Å². The summed E-state index contributed by atoms with van der Waals surface area (Å²) in [5.41, 5.74) is 0. The minimum Gasteiger partial charge on any atom is -0.302 e. The maximum absolute atomic E-state index is 5.27. The lowest BCUT2D eigenvalue weighted by atomic mass is 10.7.